The highest BCUT2D eigenvalue weighted by atomic mass is 16.6. The number of rotatable bonds is 5. The predicted octanol–water partition coefficient (Wildman–Crippen LogP) is 1.92. The van der Waals surface area contributed by atoms with Crippen LogP contribution in [0.3, 0.4) is 0 Å². The van der Waals surface area contributed by atoms with Crippen LogP contribution < -0.4 is 5.73 Å². The molecule has 0 spiro atoms. The smallest absolute Gasteiger partial charge is 0.404 e. The van der Waals surface area contributed by atoms with E-state index in [0.717, 1.165) is 25.9 Å². The van der Waals surface area contributed by atoms with E-state index in [0.29, 0.717) is 18.2 Å². The first kappa shape index (κ1) is 13.0. The third-order valence-electron chi connectivity index (χ3n) is 3.52. The average Bonchev–Trinajstić information content (AvgIpc) is 2.94. The summed E-state index contributed by atoms with van der Waals surface area (Å²) in [5.74, 6) is 0.800. The largest absolute Gasteiger partial charge is 0.433 e. The maximum atomic E-state index is 10.7. The molecule has 1 fully saturated rings. The summed E-state index contributed by atoms with van der Waals surface area (Å²) in [7, 11) is 0. The van der Waals surface area contributed by atoms with E-state index in [4.69, 9.17) is 10.2 Å². The van der Waals surface area contributed by atoms with Crippen molar-refractivity contribution < 1.29 is 9.34 Å². The molecule has 2 unspecified atom stereocenters. The normalized spacial score (nSPS) is 24.6. The average molecular weight is 253 g/mol. The van der Waals surface area contributed by atoms with Gasteiger partial charge in [-0.2, -0.15) is 0 Å². The number of likely N-dealkylation sites (tertiary alicyclic amines) is 1. The van der Waals surface area contributed by atoms with Crippen LogP contribution in [0.2, 0.25) is 0 Å². The minimum Gasteiger partial charge on any atom is -0.404 e. The van der Waals surface area contributed by atoms with E-state index in [-0.39, 0.29) is 11.9 Å². The summed E-state index contributed by atoms with van der Waals surface area (Å²) in [4.78, 5) is 12.5. The molecule has 100 valence electrons. The Hall–Kier alpha value is -1.40. The molecule has 1 aliphatic rings. The Morgan fingerprint density at radius 3 is 2.94 bits per heavy atom. The quantitative estimate of drug-likeness (QED) is 0.640. The van der Waals surface area contributed by atoms with Crippen LogP contribution in [0.4, 0.5) is 5.88 Å². The molecule has 1 aliphatic heterocycles. The van der Waals surface area contributed by atoms with Gasteiger partial charge in [-0.1, -0.05) is 6.92 Å². The van der Waals surface area contributed by atoms with E-state index in [1.807, 2.05) is 0 Å². The molecule has 0 aliphatic carbocycles. The highest BCUT2D eigenvalue weighted by Gasteiger charge is 2.36. The Morgan fingerprint density at radius 1 is 1.61 bits per heavy atom. The van der Waals surface area contributed by atoms with Crippen molar-refractivity contribution in [1.82, 2.24) is 4.90 Å². The second-order valence-corrected chi connectivity index (χ2v) is 4.70. The van der Waals surface area contributed by atoms with Gasteiger partial charge in [0.1, 0.15) is 10.7 Å². The Labute approximate surface area is 106 Å². The molecule has 0 aromatic carbocycles. The Bertz CT molecular complexity index is 418. The second kappa shape index (κ2) is 5.49. The summed E-state index contributed by atoms with van der Waals surface area (Å²) in [5, 5.41) is 10.7. The molecule has 2 rings (SSSR count). The molecule has 2 heterocycles. The summed E-state index contributed by atoms with van der Waals surface area (Å²) < 4.78 is 5.34. The van der Waals surface area contributed by atoms with Crippen LogP contribution in [-0.4, -0.2) is 29.5 Å². The summed E-state index contributed by atoms with van der Waals surface area (Å²) in [6.07, 6.45) is 2.08. The lowest BCUT2D eigenvalue weighted by Crippen LogP contribution is -2.28. The standard InChI is InChI=1S/C12H19N3O3/c1-2-6-14-7-5-9(8-13)12(14)10-3-4-11(18-10)15(16)17/h3-4,9,12H,2,5-8,13H2,1H3. The first-order valence-corrected chi connectivity index (χ1v) is 6.35. The monoisotopic (exact) mass is 253 g/mol. The zero-order chi connectivity index (χ0) is 13.1. The first-order chi connectivity index (χ1) is 8.67. The van der Waals surface area contributed by atoms with Gasteiger partial charge in [0.2, 0.25) is 0 Å². The fourth-order valence-electron chi connectivity index (χ4n) is 2.72. The van der Waals surface area contributed by atoms with Gasteiger partial charge in [-0.3, -0.25) is 15.0 Å². The Morgan fingerprint density at radius 2 is 2.39 bits per heavy atom. The molecule has 1 aromatic rings. The van der Waals surface area contributed by atoms with Crippen molar-refractivity contribution in [2.24, 2.45) is 11.7 Å². The van der Waals surface area contributed by atoms with Gasteiger partial charge < -0.3 is 10.2 Å². The lowest BCUT2D eigenvalue weighted by atomic mass is 9.98. The molecule has 2 N–H and O–H groups in total. The van der Waals surface area contributed by atoms with Crippen LogP contribution in [0.25, 0.3) is 0 Å². The Kier molecular flexibility index (Phi) is 3.98. The third kappa shape index (κ3) is 2.39. The van der Waals surface area contributed by atoms with Crippen LogP contribution in [-0.2, 0) is 0 Å². The fraction of sp³-hybridized carbons (Fsp3) is 0.667. The minimum absolute atomic E-state index is 0.0867. The van der Waals surface area contributed by atoms with Crippen LogP contribution in [0.15, 0.2) is 16.5 Å². The van der Waals surface area contributed by atoms with Crippen molar-refractivity contribution in [3.05, 3.63) is 28.0 Å². The molecule has 6 nitrogen and oxygen atoms in total. The lowest BCUT2D eigenvalue weighted by Gasteiger charge is -2.25. The van der Waals surface area contributed by atoms with Gasteiger partial charge in [0.15, 0.2) is 0 Å². The van der Waals surface area contributed by atoms with Crippen molar-refractivity contribution in [3.8, 4) is 0 Å². The van der Waals surface area contributed by atoms with Gasteiger partial charge in [-0.25, -0.2) is 0 Å². The number of furan rings is 1. The molecule has 0 amide bonds. The molecular weight excluding hydrogens is 234 g/mol. The zero-order valence-electron chi connectivity index (χ0n) is 10.5. The highest BCUT2D eigenvalue weighted by molar-refractivity contribution is 5.21. The molecule has 1 saturated heterocycles. The highest BCUT2D eigenvalue weighted by Crippen LogP contribution is 2.38. The number of nitro groups is 1. The topological polar surface area (TPSA) is 85.5 Å². The van der Waals surface area contributed by atoms with Crippen LogP contribution >= 0.6 is 0 Å². The third-order valence-corrected chi connectivity index (χ3v) is 3.52. The summed E-state index contributed by atoms with van der Waals surface area (Å²) in [5.41, 5.74) is 5.78. The molecular formula is C12H19N3O3. The second-order valence-electron chi connectivity index (χ2n) is 4.70. The molecule has 2 atom stereocenters. The van der Waals surface area contributed by atoms with Gasteiger partial charge in [-0.05, 0) is 44.5 Å². The number of nitrogens with two attached hydrogens (primary N) is 1. The molecule has 0 radical (unpaired) electrons. The molecule has 0 saturated carbocycles. The molecule has 6 heteroatoms. The molecule has 0 bridgehead atoms. The van der Waals surface area contributed by atoms with Gasteiger partial charge in [0, 0.05) is 0 Å². The number of nitrogens with zero attached hydrogens (tertiary/aromatic N) is 2. The van der Waals surface area contributed by atoms with Gasteiger partial charge in [0.05, 0.1) is 12.1 Å². The lowest BCUT2D eigenvalue weighted by molar-refractivity contribution is -0.402. The van der Waals surface area contributed by atoms with Crippen molar-refractivity contribution >= 4 is 5.88 Å². The predicted molar refractivity (Wildman–Crippen MR) is 67.1 cm³/mol. The summed E-state index contributed by atoms with van der Waals surface area (Å²) in [6, 6.07) is 3.22. The maximum absolute atomic E-state index is 10.7. The number of hydrogen-bond acceptors (Lipinski definition) is 5. The summed E-state index contributed by atoms with van der Waals surface area (Å²) >= 11 is 0. The molecule has 1 aromatic heterocycles. The van der Waals surface area contributed by atoms with E-state index in [9.17, 15) is 10.1 Å². The number of hydrogen-bond donors (Lipinski definition) is 1. The Balaban J connectivity index is 2.22. The summed E-state index contributed by atoms with van der Waals surface area (Å²) in [6.45, 7) is 4.65. The van der Waals surface area contributed by atoms with Crippen molar-refractivity contribution in [1.29, 1.82) is 0 Å². The van der Waals surface area contributed by atoms with Crippen LogP contribution in [0, 0.1) is 16.0 Å². The maximum Gasteiger partial charge on any atom is 0.433 e. The van der Waals surface area contributed by atoms with E-state index < -0.39 is 4.92 Å². The minimum atomic E-state index is -0.500. The van der Waals surface area contributed by atoms with Gasteiger partial charge in [-0.15, -0.1) is 0 Å². The van der Waals surface area contributed by atoms with Crippen LogP contribution in [0.1, 0.15) is 31.6 Å². The van der Waals surface area contributed by atoms with E-state index in [1.54, 1.807) is 6.07 Å². The van der Waals surface area contributed by atoms with E-state index in [1.165, 1.54) is 6.07 Å². The van der Waals surface area contributed by atoms with Gasteiger partial charge in [0.25, 0.3) is 0 Å². The van der Waals surface area contributed by atoms with E-state index in [2.05, 4.69) is 11.8 Å². The van der Waals surface area contributed by atoms with Crippen molar-refractivity contribution in [2.45, 2.75) is 25.8 Å². The van der Waals surface area contributed by atoms with Crippen molar-refractivity contribution in [3.63, 3.8) is 0 Å². The fourth-order valence-corrected chi connectivity index (χ4v) is 2.72. The van der Waals surface area contributed by atoms with Crippen molar-refractivity contribution in [2.75, 3.05) is 19.6 Å². The first-order valence-electron chi connectivity index (χ1n) is 6.35. The SMILES string of the molecule is CCCN1CCC(CN)C1c1ccc([N+](=O)[O-])o1. The van der Waals surface area contributed by atoms with E-state index >= 15 is 0 Å². The molecule has 18 heavy (non-hydrogen) atoms. The van der Waals surface area contributed by atoms with Crippen LogP contribution in [0.5, 0.6) is 0 Å². The van der Waals surface area contributed by atoms with Gasteiger partial charge >= 0.3 is 5.88 Å². The zero-order valence-corrected chi connectivity index (χ0v) is 10.5.